The highest BCUT2D eigenvalue weighted by atomic mass is 16.5. The SMILES string of the molecule is COC1=CCCC=C1N1CCN(CC(O)COC2C=CC(C)=CCC2)CC1. The molecular formula is C22H34N2O3. The molecule has 1 heterocycles. The molecule has 0 amide bonds. The van der Waals surface area contributed by atoms with Crippen LogP contribution in [0.15, 0.2) is 47.4 Å². The van der Waals surface area contributed by atoms with Crippen LogP contribution in [-0.2, 0) is 9.47 Å². The van der Waals surface area contributed by atoms with Crippen LogP contribution in [0.4, 0.5) is 0 Å². The zero-order valence-corrected chi connectivity index (χ0v) is 16.8. The van der Waals surface area contributed by atoms with Crippen LogP contribution in [0.5, 0.6) is 0 Å². The van der Waals surface area contributed by atoms with E-state index in [2.05, 4.69) is 47.1 Å². The first-order valence-electron chi connectivity index (χ1n) is 10.2. The lowest BCUT2D eigenvalue weighted by atomic mass is 10.1. The van der Waals surface area contributed by atoms with Gasteiger partial charge in [-0.25, -0.2) is 0 Å². The lowest BCUT2D eigenvalue weighted by molar-refractivity contribution is -0.0119. The zero-order chi connectivity index (χ0) is 19.1. The van der Waals surface area contributed by atoms with E-state index in [1.165, 1.54) is 11.3 Å². The van der Waals surface area contributed by atoms with Gasteiger partial charge in [-0.05, 0) is 38.7 Å². The molecule has 5 nitrogen and oxygen atoms in total. The third-order valence-corrected chi connectivity index (χ3v) is 5.48. The van der Waals surface area contributed by atoms with Crippen LogP contribution in [0.1, 0.15) is 32.6 Å². The molecule has 5 heteroatoms. The van der Waals surface area contributed by atoms with Crippen molar-refractivity contribution in [2.45, 2.75) is 44.8 Å². The van der Waals surface area contributed by atoms with E-state index >= 15 is 0 Å². The van der Waals surface area contributed by atoms with Crippen molar-refractivity contribution in [2.75, 3.05) is 46.4 Å². The summed E-state index contributed by atoms with van der Waals surface area (Å²) in [4.78, 5) is 4.73. The van der Waals surface area contributed by atoms with E-state index in [0.29, 0.717) is 13.2 Å². The fraction of sp³-hybridized carbons (Fsp3) is 0.636. The first-order valence-corrected chi connectivity index (χ1v) is 10.2. The smallest absolute Gasteiger partial charge is 0.137 e. The van der Waals surface area contributed by atoms with Crippen LogP contribution in [0, 0.1) is 0 Å². The van der Waals surface area contributed by atoms with Crippen molar-refractivity contribution in [1.29, 1.82) is 0 Å². The molecule has 2 atom stereocenters. The molecule has 0 bridgehead atoms. The molecule has 150 valence electrons. The van der Waals surface area contributed by atoms with Crippen molar-refractivity contribution in [1.82, 2.24) is 9.80 Å². The minimum absolute atomic E-state index is 0.114. The Morgan fingerprint density at radius 1 is 1.11 bits per heavy atom. The molecule has 1 saturated heterocycles. The van der Waals surface area contributed by atoms with Crippen molar-refractivity contribution >= 4 is 0 Å². The highest BCUT2D eigenvalue weighted by molar-refractivity contribution is 5.28. The maximum Gasteiger partial charge on any atom is 0.137 e. The third-order valence-electron chi connectivity index (χ3n) is 5.48. The van der Waals surface area contributed by atoms with Crippen LogP contribution in [0.25, 0.3) is 0 Å². The lowest BCUT2D eigenvalue weighted by Crippen LogP contribution is -2.49. The van der Waals surface area contributed by atoms with E-state index in [4.69, 9.17) is 9.47 Å². The van der Waals surface area contributed by atoms with Gasteiger partial charge in [0.1, 0.15) is 5.76 Å². The van der Waals surface area contributed by atoms with E-state index in [1.54, 1.807) is 7.11 Å². The predicted molar refractivity (Wildman–Crippen MR) is 108 cm³/mol. The molecule has 3 aliphatic rings. The van der Waals surface area contributed by atoms with Gasteiger partial charge in [0.2, 0.25) is 0 Å². The van der Waals surface area contributed by atoms with Crippen LogP contribution >= 0.6 is 0 Å². The number of hydrogen-bond acceptors (Lipinski definition) is 5. The quantitative estimate of drug-likeness (QED) is 0.742. The number of aliphatic hydroxyl groups is 1. The molecule has 2 aliphatic carbocycles. The number of hydrogen-bond donors (Lipinski definition) is 1. The number of nitrogens with zero attached hydrogens (tertiary/aromatic N) is 2. The average Bonchev–Trinajstić information content (AvgIpc) is 2.91. The van der Waals surface area contributed by atoms with E-state index in [1.807, 2.05) is 0 Å². The molecule has 2 unspecified atom stereocenters. The van der Waals surface area contributed by atoms with E-state index < -0.39 is 6.10 Å². The lowest BCUT2D eigenvalue weighted by Gasteiger charge is -2.38. The van der Waals surface area contributed by atoms with Gasteiger partial charge in [-0.1, -0.05) is 29.9 Å². The Balaban J connectivity index is 1.38. The highest BCUT2D eigenvalue weighted by Crippen LogP contribution is 2.24. The molecule has 1 aliphatic heterocycles. The number of allylic oxidation sites excluding steroid dienone is 5. The summed E-state index contributed by atoms with van der Waals surface area (Å²) in [5.74, 6) is 1.00. The Labute approximate surface area is 163 Å². The number of aliphatic hydroxyl groups excluding tert-OH is 1. The second kappa shape index (κ2) is 10.1. The van der Waals surface area contributed by atoms with Gasteiger partial charge in [-0.15, -0.1) is 0 Å². The maximum absolute atomic E-state index is 10.4. The molecule has 0 aromatic carbocycles. The molecule has 0 saturated carbocycles. The van der Waals surface area contributed by atoms with E-state index in [9.17, 15) is 5.11 Å². The van der Waals surface area contributed by atoms with Gasteiger partial charge in [0.15, 0.2) is 0 Å². The first-order chi connectivity index (χ1) is 13.2. The largest absolute Gasteiger partial charge is 0.495 e. The minimum atomic E-state index is -0.439. The molecule has 27 heavy (non-hydrogen) atoms. The molecule has 0 aromatic rings. The van der Waals surface area contributed by atoms with Crippen molar-refractivity contribution in [3.63, 3.8) is 0 Å². The topological polar surface area (TPSA) is 45.2 Å². The summed E-state index contributed by atoms with van der Waals surface area (Å²) in [7, 11) is 1.75. The van der Waals surface area contributed by atoms with Gasteiger partial charge in [-0.2, -0.15) is 0 Å². The summed E-state index contributed by atoms with van der Waals surface area (Å²) in [6.45, 7) is 7.04. The minimum Gasteiger partial charge on any atom is -0.495 e. The van der Waals surface area contributed by atoms with E-state index in [0.717, 1.165) is 57.6 Å². The Hall–Kier alpha value is -1.56. The molecule has 1 N–H and O–H groups in total. The van der Waals surface area contributed by atoms with Gasteiger partial charge in [0, 0.05) is 32.7 Å². The summed E-state index contributed by atoms with van der Waals surface area (Å²) < 4.78 is 11.4. The Bertz CT molecular complexity index is 601. The number of piperazine rings is 1. The second-order valence-corrected chi connectivity index (χ2v) is 7.64. The summed E-state index contributed by atoms with van der Waals surface area (Å²) in [5, 5.41) is 10.4. The van der Waals surface area contributed by atoms with E-state index in [-0.39, 0.29) is 6.10 Å². The summed E-state index contributed by atoms with van der Waals surface area (Å²) in [5.41, 5.74) is 2.52. The third kappa shape index (κ3) is 5.96. The molecule has 1 fully saturated rings. The van der Waals surface area contributed by atoms with Crippen LogP contribution in [0.3, 0.4) is 0 Å². The maximum atomic E-state index is 10.4. The van der Waals surface area contributed by atoms with Crippen molar-refractivity contribution in [2.24, 2.45) is 0 Å². The first kappa shape index (κ1) is 20.2. The highest BCUT2D eigenvalue weighted by Gasteiger charge is 2.23. The van der Waals surface area contributed by atoms with Gasteiger partial charge in [0.25, 0.3) is 0 Å². The summed E-state index contributed by atoms with van der Waals surface area (Å²) in [6, 6.07) is 0. The van der Waals surface area contributed by atoms with Gasteiger partial charge < -0.3 is 19.5 Å². The molecule has 0 radical (unpaired) electrons. The van der Waals surface area contributed by atoms with Crippen LogP contribution in [0.2, 0.25) is 0 Å². The van der Waals surface area contributed by atoms with Crippen molar-refractivity contribution in [3.8, 4) is 0 Å². The fourth-order valence-electron chi connectivity index (χ4n) is 3.91. The fourth-order valence-corrected chi connectivity index (χ4v) is 3.91. The molecule has 3 rings (SSSR count). The second-order valence-electron chi connectivity index (χ2n) is 7.64. The normalized spacial score (nSPS) is 25.4. The van der Waals surface area contributed by atoms with Gasteiger partial charge in [0.05, 0.1) is 31.6 Å². The Morgan fingerprint density at radius 3 is 2.67 bits per heavy atom. The Kier molecular flexibility index (Phi) is 7.56. The number of β-amino-alcohol motifs (C(OH)–C–C–N with tert-alkyl or cyclic N) is 1. The molecule has 0 aromatic heterocycles. The average molecular weight is 375 g/mol. The summed E-state index contributed by atoms with van der Waals surface area (Å²) in [6.07, 6.45) is 14.8. The molecule has 0 spiro atoms. The van der Waals surface area contributed by atoms with Crippen LogP contribution < -0.4 is 0 Å². The Morgan fingerprint density at radius 2 is 1.89 bits per heavy atom. The summed E-state index contributed by atoms with van der Waals surface area (Å²) >= 11 is 0. The molecular weight excluding hydrogens is 340 g/mol. The predicted octanol–water partition coefficient (Wildman–Crippen LogP) is 2.85. The standard InChI is InChI=1S/C22H34N2O3/c1-18-6-5-7-20(11-10-18)27-17-19(25)16-23-12-14-24(15-13-23)21-8-3-4-9-22(21)26-2/h6,8-11,19-20,25H,3-5,7,12-17H2,1-2H3. The number of methoxy groups -OCH3 is 1. The van der Waals surface area contributed by atoms with Gasteiger partial charge in [-0.3, -0.25) is 4.90 Å². The van der Waals surface area contributed by atoms with Crippen molar-refractivity contribution in [3.05, 3.63) is 47.4 Å². The zero-order valence-electron chi connectivity index (χ0n) is 16.8. The number of ether oxygens (including phenoxy) is 2. The van der Waals surface area contributed by atoms with Crippen LogP contribution in [-0.4, -0.2) is 73.6 Å². The van der Waals surface area contributed by atoms with Crippen molar-refractivity contribution < 1.29 is 14.6 Å². The monoisotopic (exact) mass is 374 g/mol. The number of rotatable bonds is 7. The van der Waals surface area contributed by atoms with Gasteiger partial charge >= 0.3 is 0 Å².